The van der Waals surface area contributed by atoms with Crippen molar-refractivity contribution in [2.45, 2.75) is 13.0 Å². The molecule has 0 unspecified atom stereocenters. The molecule has 0 spiro atoms. The minimum Gasteiger partial charge on any atom is -0.486 e. The number of amides is 1. The number of nitrogens with two attached hydrogens (primary N) is 1. The summed E-state index contributed by atoms with van der Waals surface area (Å²) in [5.41, 5.74) is 4.48. The van der Waals surface area contributed by atoms with Gasteiger partial charge in [-0.2, -0.15) is 0 Å². The number of hydrogen-bond donors (Lipinski definition) is 2. The second kappa shape index (κ2) is 5.16. The fourth-order valence-electron chi connectivity index (χ4n) is 0.888. The molecule has 3 N–H and O–H groups in total. The topological polar surface area (TPSA) is 103 Å². The Morgan fingerprint density at radius 2 is 2.33 bits per heavy atom. The zero-order valence-electron chi connectivity index (χ0n) is 7.93. The van der Waals surface area contributed by atoms with Gasteiger partial charge in [-0.05, 0) is 0 Å². The smallest absolute Gasteiger partial charge is 0.227 e. The molecule has 0 aromatic carbocycles. The number of aliphatic hydroxyl groups excluding tert-OH is 1. The van der Waals surface area contributed by atoms with Crippen LogP contribution in [-0.4, -0.2) is 17.6 Å². The van der Waals surface area contributed by atoms with Gasteiger partial charge in [-0.1, -0.05) is 0 Å². The fraction of sp³-hybridized carbons (Fsp3) is 0.333. The first-order chi connectivity index (χ1) is 7.13. The highest BCUT2D eigenvalue weighted by atomic mass is 16.5. The van der Waals surface area contributed by atoms with E-state index in [0.717, 1.165) is 12.3 Å². The van der Waals surface area contributed by atoms with E-state index >= 15 is 0 Å². The normalized spacial score (nSPS) is 9.93. The molecule has 0 fully saturated rings. The lowest BCUT2D eigenvalue weighted by Crippen LogP contribution is -2.16. The molecular weight excluding hydrogens is 202 g/mol. The average molecular weight is 213 g/mol. The van der Waals surface area contributed by atoms with E-state index in [4.69, 9.17) is 20.0 Å². The molecule has 0 aliphatic carbocycles. The zero-order valence-corrected chi connectivity index (χ0v) is 7.93. The predicted molar refractivity (Wildman–Crippen MR) is 50.2 cm³/mol. The van der Waals surface area contributed by atoms with E-state index in [9.17, 15) is 9.59 Å². The van der Waals surface area contributed by atoms with Crippen LogP contribution in [0.4, 0.5) is 0 Å². The van der Waals surface area contributed by atoms with Crippen molar-refractivity contribution in [3.05, 3.63) is 28.3 Å². The second-order valence-electron chi connectivity index (χ2n) is 2.80. The summed E-state index contributed by atoms with van der Waals surface area (Å²) in [5, 5.41) is 8.67. The van der Waals surface area contributed by atoms with Gasteiger partial charge in [0.1, 0.15) is 18.6 Å². The van der Waals surface area contributed by atoms with E-state index in [1.54, 1.807) is 0 Å². The molecule has 0 saturated carbocycles. The van der Waals surface area contributed by atoms with E-state index in [0.29, 0.717) is 0 Å². The molecule has 0 saturated heterocycles. The molecule has 0 atom stereocenters. The summed E-state index contributed by atoms with van der Waals surface area (Å²) in [5.74, 6) is -0.359. The standard InChI is InChI=1S/C9H11NO5/c10-9(13)1-2-14-8-5-15-6(4-11)3-7(8)12/h3,5,11H,1-2,4H2,(H2,10,13). The quantitative estimate of drug-likeness (QED) is 0.678. The summed E-state index contributed by atoms with van der Waals surface area (Å²) in [6.45, 7) is -0.324. The number of rotatable bonds is 5. The van der Waals surface area contributed by atoms with Gasteiger partial charge in [0.25, 0.3) is 0 Å². The van der Waals surface area contributed by atoms with Gasteiger partial charge in [-0.15, -0.1) is 0 Å². The molecule has 1 aromatic rings. The highest BCUT2D eigenvalue weighted by Crippen LogP contribution is 2.05. The predicted octanol–water partition coefficient (Wildman–Crippen LogP) is -0.614. The van der Waals surface area contributed by atoms with Crippen molar-refractivity contribution in [3.8, 4) is 5.75 Å². The van der Waals surface area contributed by atoms with Crippen LogP contribution in [0.2, 0.25) is 0 Å². The first-order valence-electron chi connectivity index (χ1n) is 4.27. The Bertz CT molecular complexity index is 398. The van der Waals surface area contributed by atoms with Crippen LogP contribution in [0, 0.1) is 0 Å². The summed E-state index contributed by atoms with van der Waals surface area (Å²) in [6, 6.07) is 1.12. The van der Waals surface area contributed by atoms with Crippen molar-refractivity contribution in [1.29, 1.82) is 0 Å². The largest absolute Gasteiger partial charge is 0.486 e. The third kappa shape index (κ3) is 3.43. The average Bonchev–Trinajstić information content (AvgIpc) is 2.20. The Morgan fingerprint density at radius 3 is 2.87 bits per heavy atom. The molecule has 1 rings (SSSR count). The van der Waals surface area contributed by atoms with Gasteiger partial charge in [0.15, 0.2) is 0 Å². The third-order valence-electron chi connectivity index (χ3n) is 1.61. The highest BCUT2D eigenvalue weighted by molar-refractivity contribution is 5.73. The molecule has 15 heavy (non-hydrogen) atoms. The lowest BCUT2D eigenvalue weighted by atomic mass is 10.4. The minimum atomic E-state index is -0.508. The molecule has 6 heteroatoms. The van der Waals surface area contributed by atoms with E-state index in [2.05, 4.69) is 0 Å². The van der Waals surface area contributed by atoms with Gasteiger partial charge in [0, 0.05) is 6.07 Å². The van der Waals surface area contributed by atoms with Crippen LogP contribution in [0.25, 0.3) is 0 Å². The highest BCUT2D eigenvalue weighted by Gasteiger charge is 2.04. The summed E-state index contributed by atoms with van der Waals surface area (Å²) in [7, 11) is 0. The van der Waals surface area contributed by atoms with E-state index in [1.165, 1.54) is 0 Å². The first kappa shape index (κ1) is 11.3. The third-order valence-corrected chi connectivity index (χ3v) is 1.61. The van der Waals surface area contributed by atoms with Crippen LogP contribution in [0.3, 0.4) is 0 Å². The summed E-state index contributed by atoms with van der Waals surface area (Å²) in [4.78, 5) is 21.6. The summed E-state index contributed by atoms with van der Waals surface area (Å²) in [6.07, 6.45) is 1.12. The molecule has 0 radical (unpaired) electrons. The van der Waals surface area contributed by atoms with Crippen molar-refractivity contribution in [3.63, 3.8) is 0 Å². The molecule has 1 amide bonds. The maximum Gasteiger partial charge on any atom is 0.227 e. The van der Waals surface area contributed by atoms with Crippen LogP contribution in [0.1, 0.15) is 12.2 Å². The van der Waals surface area contributed by atoms with Crippen molar-refractivity contribution >= 4 is 5.91 Å². The van der Waals surface area contributed by atoms with Crippen molar-refractivity contribution in [2.75, 3.05) is 6.61 Å². The van der Waals surface area contributed by atoms with Gasteiger partial charge in [-0.3, -0.25) is 9.59 Å². The van der Waals surface area contributed by atoms with Crippen LogP contribution in [-0.2, 0) is 11.4 Å². The Balaban J connectivity index is 2.62. The minimum absolute atomic E-state index is 0.00606. The number of primary amides is 1. The van der Waals surface area contributed by atoms with Gasteiger partial charge in [0.05, 0.1) is 13.0 Å². The van der Waals surface area contributed by atoms with Crippen LogP contribution >= 0.6 is 0 Å². The lowest BCUT2D eigenvalue weighted by molar-refractivity contribution is -0.118. The number of ether oxygens (including phenoxy) is 1. The molecule has 1 aromatic heterocycles. The maximum absolute atomic E-state index is 11.3. The van der Waals surface area contributed by atoms with Crippen molar-refractivity contribution in [2.24, 2.45) is 5.73 Å². The molecule has 0 aliphatic rings. The van der Waals surface area contributed by atoms with Crippen molar-refractivity contribution in [1.82, 2.24) is 0 Å². The maximum atomic E-state index is 11.3. The number of carbonyl (C=O) groups excluding carboxylic acids is 1. The molecule has 0 aliphatic heterocycles. The molecule has 1 heterocycles. The molecule has 0 bridgehead atoms. The van der Waals surface area contributed by atoms with Crippen LogP contribution in [0.5, 0.6) is 5.75 Å². The van der Waals surface area contributed by atoms with E-state index in [-0.39, 0.29) is 31.1 Å². The summed E-state index contributed by atoms with van der Waals surface area (Å²) < 4.78 is 9.81. The number of carbonyl (C=O) groups is 1. The van der Waals surface area contributed by atoms with Crippen LogP contribution in [0.15, 0.2) is 21.5 Å². The van der Waals surface area contributed by atoms with Gasteiger partial charge < -0.3 is 20.0 Å². The second-order valence-corrected chi connectivity index (χ2v) is 2.80. The Morgan fingerprint density at radius 1 is 1.60 bits per heavy atom. The molecular formula is C9H11NO5. The summed E-state index contributed by atoms with van der Waals surface area (Å²) >= 11 is 0. The van der Waals surface area contributed by atoms with Gasteiger partial charge in [-0.25, -0.2) is 0 Å². The molecule has 6 nitrogen and oxygen atoms in total. The number of aliphatic hydroxyl groups is 1. The van der Waals surface area contributed by atoms with Crippen molar-refractivity contribution < 1.29 is 19.1 Å². The number of hydrogen-bond acceptors (Lipinski definition) is 5. The zero-order chi connectivity index (χ0) is 11.3. The van der Waals surface area contributed by atoms with Gasteiger partial charge in [0.2, 0.25) is 17.1 Å². The Labute approximate surface area is 85.3 Å². The van der Waals surface area contributed by atoms with Gasteiger partial charge >= 0.3 is 0 Å². The lowest BCUT2D eigenvalue weighted by Gasteiger charge is -2.03. The van der Waals surface area contributed by atoms with E-state index in [1.807, 2.05) is 0 Å². The molecule has 82 valence electrons. The first-order valence-corrected chi connectivity index (χ1v) is 4.27. The Hall–Kier alpha value is -1.82. The Kier molecular flexibility index (Phi) is 3.87. The van der Waals surface area contributed by atoms with E-state index < -0.39 is 11.3 Å². The monoisotopic (exact) mass is 213 g/mol. The SMILES string of the molecule is NC(=O)CCOc1coc(CO)cc1=O. The van der Waals surface area contributed by atoms with Crippen LogP contribution < -0.4 is 15.9 Å². The fourth-order valence-corrected chi connectivity index (χ4v) is 0.888.